The van der Waals surface area contributed by atoms with Gasteiger partial charge in [0.1, 0.15) is 5.75 Å². The molecule has 0 saturated carbocycles. The molecule has 27 heavy (non-hydrogen) atoms. The van der Waals surface area contributed by atoms with Gasteiger partial charge in [-0.05, 0) is 60.7 Å². The molecular formula is C22H23N3O2. The third-order valence-electron chi connectivity index (χ3n) is 4.70. The Morgan fingerprint density at radius 3 is 2.33 bits per heavy atom. The van der Waals surface area contributed by atoms with E-state index in [0.29, 0.717) is 0 Å². The highest BCUT2D eigenvalue weighted by Gasteiger charge is 2.10. The third-order valence-corrected chi connectivity index (χ3v) is 4.70. The molecule has 0 spiro atoms. The SMILES string of the molecule is COc1ccc(-n2cccc2C=Nc2ccc(N3CCOCC3)cc2)cc1. The van der Waals surface area contributed by atoms with E-state index in [9.17, 15) is 0 Å². The zero-order valence-electron chi connectivity index (χ0n) is 15.4. The van der Waals surface area contributed by atoms with Gasteiger partial charge in [-0.15, -0.1) is 0 Å². The van der Waals surface area contributed by atoms with Crippen molar-refractivity contribution in [3.05, 3.63) is 72.6 Å². The number of morpholine rings is 1. The maximum atomic E-state index is 5.41. The highest BCUT2D eigenvalue weighted by Crippen LogP contribution is 2.21. The normalized spacial score (nSPS) is 14.6. The van der Waals surface area contributed by atoms with Crippen LogP contribution in [-0.2, 0) is 4.74 Å². The van der Waals surface area contributed by atoms with Crippen molar-refractivity contribution in [1.29, 1.82) is 0 Å². The van der Waals surface area contributed by atoms with Crippen molar-refractivity contribution in [3.8, 4) is 11.4 Å². The molecular weight excluding hydrogens is 338 g/mol. The second kappa shape index (κ2) is 8.10. The van der Waals surface area contributed by atoms with E-state index in [2.05, 4.69) is 44.8 Å². The van der Waals surface area contributed by atoms with Crippen LogP contribution in [0.5, 0.6) is 5.75 Å². The zero-order chi connectivity index (χ0) is 18.5. The summed E-state index contributed by atoms with van der Waals surface area (Å²) in [7, 11) is 1.67. The van der Waals surface area contributed by atoms with Gasteiger partial charge in [0.25, 0.3) is 0 Å². The van der Waals surface area contributed by atoms with Gasteiger partial charge in [0.2, 0.25) is 0 Å². The number of nitrogens with zero attached hydrogens (tertiary/aromatic N) is 3. The van der Waals surface area contributed by atoms with Gasteiger partial charge >= 0.3 is 0 Å². The van der Waals surface area contributed by atoms with Gasteiger partial charge in [-0.25, -0.2) is 0 Å². The molecule has 3 aromatic rings. The van der Waals surface area contributed by atoms with Crippen LogP contribution in [0.1, 0.15) is 5.69 Å². The van der Waals surface area contributed by atoms with Gasteiger partial charge in [-0.1, -0.05) is 0 Å². The molecule has 1 aliphatic heterocycles. The first kappa shape index (κ1) is 17.4. The minimum Gasteiger partial charge on any atom is -0.497 e. The van der Waals surface area contributed by atoms with Crippen LogP contribution in [0.2, 0.25) is 0 Å². The average Bonchev–Trinajstić information content (AvgIpc) is 3.22. The van der Waals surface area contributed by atoms with Gasteiger partial charge in [0.15, 0.2) is 0 Å². The van der Waals surface area contributed by atoms with E-state index in [-0.39, 0.29) is 0 Å². The maximum absolute atomic E-state index is 5.41. The first-order valence-electron chi connectivity index (χ1n) is 9.12. The number of hydrogen-bond donors (Lipinski definition) is 0. The Morgan fingerprint density at radius 2 is 1.63 bits per heavy atom. The van der Waals surface area contributed by atoms with Crippen LogP contribution in [0.25, 0.3) is 5.69 Å². The number of rotatable bonds is 5. The van der Waals surface area contributed by atoms with E-state index in [1.54, 1.807) is 7.11 Å². The van der Waals surface area contributed by atoms with Crippen molar-refractivity contribution in [2.75, 3.05) is 38.3 Å². The van der Waals surface area contributed by atoms with Crippen LogP contribution < -0.4 is 9.64 Å². The molecule has 2 heterocycles. The van der Waals surface area contributed by atoms with E-state index in [4.69, 9.17) is 9.47 Å². The molecule has 1 aromatic heterocycles. The number of aliphatic imine (C=N–C) groups is 1. The van der Waals surface area contributed by atoms with E-state index in [1.165, 1.54) is 5.69 Å². The smallest absolute Gasteiger partial charge is 0.119 e. The molecule has 0 amide bonds. The number of anilines is 1. The molecule has 2 aromatic carbocycles. The van der Waals surface area contributed by atoms with E-state index in [0.717, 1.165) is 49.1 Å². The summed E-state index contributed by atoms with van der Waals surface area (Å²) in [6.45, 7) is 3.47. The topological polar surface area (TPSA) is 39.0 Å². The Kier molecular flexibility index (Phi) is 5.21. The Balaban J connectivity index is 1.49. The number of hydrogen-bond acceptors (Lipinski definition) is 4. The predicted octanol–water partition coefficient (Wildman–Crippen LogP) is 4.07. The number of aromatic nitrogens is 1. The summed E-state index contributed by atoms with van der Waals surface area (Å²) in [5.41, 5.74) is 4.26. The number of ether oxygens (including phenoxy) is 2. The largest absolute Gasteiger partial charge is 0.497 e. The predicted molar refractivity (Wildman–Crippen MR) is 109 cm³/mol. The molecule has 5 nitrogen and oxygen atoms in total. The van der Waals surface area contributed by atoms with Crippen molar-refractivity contribution >= 4 is 17.6 Å². The van der Waals surface area contributed by atoms with Crippen molar-refractivity contribution < 1.29 is 9.47 Å². The first-order chi connectivity index (χ1) is 13.3. The minimum absolute atomic E-state index is 0.794. The fourth-order valence-electron chi connectivity index (χ4n) is 3.19. The lowest BCUT2D eigenvalue weighted by Crippen LogP contribution is -2.36. The fraction of sp³-hybridized carbons (Fsp3) is 0.227. The summed E-state index contributed by atoms with van der Waals surface area (Å²) < 4.78 is 12.7. The van der Waals surface area contributed by atoms with Crippen LogP contribution in [0, 0.1) is 0 Å². The van der Waals surface area contributed by atoms with Crippen molar-refractivity contribution in [2.45, 2.75) is 0 Å². The number of benzene rings is 2. The van der Waals surface area contributed by atoms with Gasteiger partial charge in [0, 0.05) is 30.7 Å². The van der Waals surface area contributed by atoms with E-state index in [1.807, 2.05) is 42.7 Å². The molecule has 1 aliphatic rings. The zero-order valence-corrected chi connectivity index (χ0v) is 15.4. The highest BCUT2D eigenvalue weighted by atomic mass is 16.5. The molecule has 0 N–H and O–H groups in total. The van der Waals surface area contributed by atoms with Gasteiger partial charge < -0.3 is 18.9 Å². The van der Waals surface area contributed by atoms with Crippen LogP contribution in [0.3, 0.4) is 0 Å². The van der Waals surface area contributed by atoms with Crippen molar-refractivity contribution in [2.24, 2.45) is 4.99 Å². The summed E-state index contributed by atoms with van der Waals surface area (Å²) in [6, 6.07) is 20.4. The summed E-state index contributed by atoms with van der Waals surface area (Å²) >= 11 is 0. The van der Waals surface area contributed by atoms with Crippen LogP contribution in [-0.4, -0.2) is 44.2 Å². The monoisotopic (exact) mass is 361 g/mol. The molecule has 138 valence electrons. The standard InChI is InChI=1S/C22H23N3O2/c1-26-22-10-8-20(9-11-22)25-12-2-3-21(25)17-23-18-4-6-19(7-5-18)24-13-15-27-16-14-24/h2-12,17H,13-16H2,1H3. The van der Waals surface area contributed by atoms with Gasteiger partial charge in [0.05, 0.1) is 37.9 Å². The Labute approximate surface area is 159 Å². The summed E-state index contributed by atoms with van der Waals surface area (Å²) in [4.78, 5) is 6.98. The molecule has 0 bridgehead atoms. The Morgan fingerprint density at radius 1 is 0.926 bits per heavy atom. The second-order valence-corrected chi connectivity index (χ2v) is 6.38. The van der Waals surface area contributed by atoms with E-state index >= 15 is 0 Å². The van der Waals surface area contributed by atoms with Gasteiger partial charge in [-0.2, -0.15) is 0 Å². The molecule has 0 unspecified atom stereocenters. The summed E-state index contributed by atoms with van der Waals surface area (Å²) in [5, 5.41) is 0. The van der Waals surface area contributed by atoms with Crippen LogP contribution >= 0.6 is 0 Å². The van der Waals surface area contributed by atoms with Crippen LogP contribution in [0.15, 0.2) is 71.9 Å². The Hall–Kier alpha value is -3.05. The lowest BCUT2D eigenvalue weighted by atomic mass is 10.2. The number of methoxy groups -OCH3 is 1. The van der Waals surface area contributed by atoms with Crippen molar-refractivity contribution in [3.63, 3.8) is 0 Å². The first-order valence-corrected chi connectivity index (χ1v) is 9.12. The summed E-state index contributed by atoms with van der Waals surface area (Å²) in [6.07, 6.45) is 3.93. The maximum Gasteiger partial charge on any atom is 0.119 e. The van der Waals surface area contributed by atoms with Gasteiger partial charge in [-0.3, -0.25) is 4.99 Å². The minimum atomic E-state index is 0.794. The van der Waals surface area contributed by atoms with Crippen molar-refractivity contribution in [1.82, 2.24) is 4.57 Å². The second-order valence-electron chi connectivity index (χ2n) is 6.38. The third kappa shape index (κ3) is 4.04. The lowest BCUT2D eigenvalue weighted by molar-refractivity contribution is 0.122. The lowest BCUT2D eigenvalue weighted by Gasteiger charge is -2.28. The molecule has 5 heteroatoms. The highest BCUT2D eigenvalue weighted by molar-refractivity contribution is 5.81. The Bertz CT molecular complexity index is 892. The summed E-state index contributed by atoms with van der Waals surface area (Å²) in [5.74, 6) is 0.849. The molecule has 1 saturated heterocycles. The fourth-order valence-corrected chi connectivity index (χ4v) is 3.19. The quantitative estimate of drug-likeness (QED) is 0.643. The molecule has 1 fully saturated rings. The van der Waals surface area contributed by atoms with Crippen LogP contribution in [0.4, 0.5) is 11.4 Å². The molecule has 0 radical (unpaired) electrons. The molecule has 0 atom stereocenters. The molecule has 0 aliphatic carbocycles. The molecule has 4 rings (SSSR count). The average molecular weight is 361 g/mol. The van der Waals surface area contributed by atoms with E-state index < -0.39 is 0 Å².